The lowest BCUT2D eigenvalue weighted by molar-refractivity contribution is 0.586. The molecule has 1 aromatic carbocycles. The lowest BCUT2D eigenvalue weighted by atomic mass is 10.2. The van der Waals surface area contributed by atoms with Gasteiger partial charge in [-0.1, -0.05) is 0 Å². The number of nitrogens with zero attached hydrogens (tertiary/aromatic N) is 1. The molecule has 2 aromatic rings. The molecule has 3 N–H and O–H groups in total. The van der Waals surface area contributed by atoms with Gasteiger partial charge in [-0.3, -0.25) is 10.8 Å². The summed E-state index contributed by atoms with van der Waals surface area (Å²) < 4.78 is 26.7. The van der Waals surface area contributed by atoms with Gasteiger partial charge in [0.2, 0.25) is 0 Å². The fourth-order valence-corrected chi connectivity index (χ4v) is 1.86. The van der Waals surface area contributed by atoms with Gasteiger partial charge in [-0.15, -0.1) is 0 Å². The molecule has 6 heteroatoms. The molecule has 0 unspecified atom stereocenters. The number of hydrazine groups is 1. The smallest absolute Gasteiger partial charge is 0.152 e. The maximum atomic E-state index is 13.4. The maximum absolute atomic E-state index is 13.4. The van der Waals surface area contributed by atoms with Gasteiger partial charge in [0, 0.05) is 17.6 Å². The van der Waals surface area contributed by atoms with Gasteiger partial charge in [-0.25, -0.2) is 8.78 Å². The first-order valence-electron chi connectivity index (χ1n) is 4.04. The third-order valence-electron chi connectivity index (χ3n) is 2.02. The van der Waals surface area contributed by atoms with Crippen LogP contribution in [0, 0.1) is 11.6 Å². The molecular weight excluding hydrogens is 268 g/mol. The standard InChI is InChI=1S/C9H6BrF2N3/c10-8-4(11)3-5(12)9-7(8)6(15-13)1-2-14-9/h1-3H,13H2,(H,14,15). The Hall–Kier alpha value is -1.27. The van der Waals surface area contributed by atoms with Crippen molar-refractivity contribution in [3.63, 3.8) is 0 Å². The zero-order valence-electron chi connectivity index (χ0n) is 7.39. The third kappa shape index (κ3) is 1.55. The normalized spacial score (nSPS) is 10.7. The summed E-state index contributed by atoms with van der Waals surface area (Å²) in [5.41, 5.74) is 2.84. The Kier molecular flexibility index (Phi) is 2.54. The molecule has 0 spiro atoms. The minimum atomic E-state index is -0.720. The van der Waals surface area contributed by atoms with Gasteiger partial charge in [-0.2, -0.15) is 0 Å². The van der Waals surface area contributed by atoms with Gasteiger partial charge in [-0.05, 0) is 22.0 Å². The Morgan fingerprint density at radius 1 is 1.33 bits per heavy atom. The molecule has 0 atom stereocenters. The van der Waals surface area contributed by atoms with E-state index in [1.54, 1.807) is 0 Å². The molecule has 0 radical (unpaired) electrons. The van der Waals surface area contributed by atoms with Crippen molar-refractivity contribution in [1.82, 2.24) is 4.98 Å². The van der Waals surface area contributed by atoms with E-state index < -0.39 is 11.6 Å². The number of rotatable bonds is 1. The Morgan fingerprint density at radius 2 is 2.07 bits per heavy atom. The highest BCUT2D eigenvalue weighted by molar-refractivity contribution is 9.10. The molecule has 0 aliphatic heterocycles. The number of nitrogen functional groups attached to an aromatic ring is 1. The van der Waals surface area contributed by atoms with Crippen molar-refractivity contribution < 1.29 is 8.78 Å². The zero-order valence-corrected chi connectivity index (χ0v) is 8.98. The Bertz CT molecular complexity index is 530. The van der Waals surface area contributed by atoms with Crippen molar-refractivity contribution in [3.05, 3.63) is 34.4 Å². The van der Waals surface area contributed by atoms with Crippen molar-refractivity contribution in [2.75, 3.05) is 5.43 Å². The van der Waals surface area contributed by atoms with E-state index in [4.69, 9.17) is 5.84 Å². The molecule has 0 bridgehead atoms. The lowest BCUT2D eigenvalue weighted by Gasteiger charge is -2.08. The predicted molar refractivity (Wildman–Crippen MR) is 57.2 cm³/mol. The summed E-state index contributed by atoms with van der Waals surface area (Å²) in [6.07, 6.45) is 1.39. The molecule has 0 fully saturated rings. The Labute approximate surface area is 92.4 Å². The first-order chi connectivity index (χ1) is 7.15. The van der Waals surface area contributed by atoms with Gasteiger partial charge in [0.05, 0.1) is 10.2 Å². The van der Waals surface area contributed by atoms with Crippen molar-refractivity contribution in [2.24, 2.45) is 5.84 Å². The van der Waals surface area contributed by atoms with Crippen LogP contribution in [-0.4, -0.2) is 4.98 Å². The fourth-order valence-electron chi connectivity index (χ4n) is 1.35. The zero-order chi connectivity index (χ0) is 11.0. The number of hydrogen-bond donors (Lipinski definition) is 2. The van der Waals surface area contributed by atoms with Gasteiger partial charge >= 0.3 is 0 Å². The van der Waals surface area contributed by atoms with E-state index >= 15 is 0 Å². The van der Waals surface area contributed by atoms with Gasteiger partial charge in [0.25, 0.3) is 0 Å². The molecule has 2 rings (SSSR count). The summed E-state index contributed by atoms with van der Waals surface area (Å²) in [4.78, 5) is 3.82. The minimum Gasteiger partial charge on any atom is -0.323 e. The largest absolute Gasteiger partial charge is 0.323 e. The van der Waals surface area contributed by atoms with Crippen LogP contribution >= 0.6 is 15.9 Å². The summed E-state index contributed by atoms with van der Waals surface area (Å²) in [5, 5.41) is 0.289. The van der Waals surface area contributed by atoms with Crippen LogP contribution in [0.1, 0.15) is 0 Å². The monoisotopic (exact) mass is 273 g/mol. The summed E-state index contributed by atoms with van der Waals surface area (Å²) in [6.45, 7) is 0. The first-order valence-corrected chi connectivity index (χ1v) is 4.83. The molecule has 0 saturated carbocycles. The third-order valence-corrected chi connectivity index (χ3v) is 2.79. The average Bonchev–Trinajstić information content (AvgIpc) is 2.25. The number of nitrogens with two attached hydrogens (primary N) is 1. The van der Waals surface area contributed by atoms with E-state index in [1.165, 1.54) is 12.3 Å². The average molecular weight is 274 g/mol. The summed E-state index contributed by atoms with van der Waals surface area (Å²) >= 11 is 3.03. The van der Waals surface area contributed by atoms with Gasteiger partial charge in [0.15, 0.2) is 5.82 Å². The van der Waals surface area contributed by atoms with Crippen molar-refractivity contribution in [3.8, 4) is 0 Å². The van der Waals surface area contributed by atoms with Gasteiger partial charge < -0.3 is 5.43 Å². The number of fused-ring (bicyclic) bond motifs is 1. The number of pyridine rings is 1. The molecule has 3 nitrogen and oxygen atoms in total. The molecule has 0 aliphatic carbocycles. The second-order valence-electron chi connectivity index (χ2n) is 2.88. The van der Waals surface area contributed by atoms with Crippen LogP contribution in [0.3, 0.4) is 0 Å². The molecule has 1 heterocycles. The molecule has 1 aromatic heterocycles. The highest BCUT2D eigenvalue weighted by atomic mass is 79.9. The second-order valence-corrected chi connectivity index (χ2v) is 3.67. The number of aromatic nitrogens is 1. The van der Waals surface area contributed by atoms with E-state index in [1.807, 2.05) is 0 Å². The molecule has 0 amide bonds. The lowest BCUT2D eigenvalue weighted by Crippen LogP contribution is -2.08. The molecule has 0 saturated heterocycles. The summed E-state index contributed by atoms with van der Waals surface area (Å²) in [7, 11) is 0. The highest BCUT2D eigenvalue weighted by Crippen LogP contribution is 2.32. The minimum absolute atomic E-state index is 0.0683. The van der Waals surface area contributed by atoms with E-state index in [9.17, 15) is 8.78 Å². The quantitative estimate of drug-likeness (QED) is 0.477. The second kappa shape index (κ2) is 3.71. The van der Waals surface area contributed by atoms with Gasteiger partial charge in [0.1, 0.15) is 11.3 Å². The van der Waals surface area contributed by atoms with Crippen LogP contribution in [0.25, 0.3) is 10.9 Å². The number of nitrogens with one attached hydrogen (secondary N) is 1. The Morgan fingerprint density at radius 3 is 2.73 bits per heavy atom. The first kappa shape index (κ1) is 10.3. The number of benzene rings is 1. The van der Waals surface area contributed by atoms with Crippen LogP contribution in [-0.2, 0) is 0 Å². The summed E-state index contributed by atoms with van der Waals surface area (Å²) in [6, 6.07) is 2.31. The van der Waals surface area contributed by atoms with E-state index in [2.05, 4.69) is 26.3 Å². The number of hydrogen-bond acceptors (Lipinski definition) is 3. The molecular formula is C9H6BrF2N3. The van der Waals surface area contributed by atoms with Crippen LogP contribution in [0.2, 0.25) is 0 Å². The van der Waals surface area contributed by atoms with Crippen molar-refractivity contribution >= 4 is 32.5 Å². The van der Waals surface area contributed by atoms with Crippen LogP contribution in [0.4, 0.5) is 14.5 Å². The van der Waals surface area contributed by atoms with E-state index in [-0.39, 0.29) is 15.4 Å². The van der Waals surface area contributed by atoms with Crippen LogP contribution < -0.4 is 11.3 Å². The summed E-state index contributed by atoms with van der Waals surface area (Å²) in [5.74, 6) is 3.83. The Balaban J connectivity index is 2.96. The fraction of sp³-hybridized carbons (Fsp3) is 0. The number of anilines is 1. The van der Waals surface area contributed by atoms with E-state index in [0.29, 0.717) is 5.69 Å². The predicted octanol–water partition coefficient (Wildman–Crippen LogP) is 2.56. The van der Waals surface area contributed by atoms with Crippen LogP contribution in [0.15, 0.2) is 22.8 Å². The molecule has 0 aliphatic rings. The highest BCUT2D eigenvalue weighted by Gasteiger charge is 2.14. The SMILES string of the molecule is NNc1ccnc2c(F)cc(F)c(Br)c12. The molecule has 15 heavy (non-hydrogen) atoms. The van der Waals surface area contributed by atoms with Crippen LogP contribution in [0.5, 0.6) is 0 Å². The van der Waals surface area contributed by atoms with Crippen molar-refractivity contribution in [2.45, 2.75) is 0 Å². The maximum Gasteiger partial charge on any atom is 0.152 e. The number of halogens is 3. The van der Waals surface area contributed by atoms with Crippen molar-refractivity contribution in [1.29, 1.82) is 0 Å². The topological polar surface area (TPSA) is 50.9 Å². The molecule has 78 valence electrons. The van der Waals surface area contributed by atoms with E-state index in [0.717, 1.165) is 6.07 Å².